The SMILES string of the molecule is C#CCO[C@H]1[C@@H](O)[C@H]([n+]2cccc(C(N)=O)c2)O[C@@H]1COP(=O)([O-])OP(=O)(O)OC[C@H]1O[C@@H](n2cnc3c(N)ncnc32)[C@H](O)[C@@H]1O. The van der Waals surface area contributed by atoms with Crippen LogP contribution in [0.3, 0.4) is 0 Å². The fourth-order valence-corrected chi connectivity index (χ4v) is 6.96. The van der Waals surface area contributed by atoms with E-state index in [1.165, 1.54) is 40.0 Å². The third-order valence-corrected chi connectivity index (χ3v) is 9.64. The van der Waals surface area contributed by atoms with Gasteiger partial charge in [0.05, 0.1) is 19.5 Å². The number of nitrogens with zero attached hydrogens (tertiary/aromatic N) is 5. The van der Waals surface area contributed by atoms with Gasteiger partial charge in [0.25, 0.3) is 20.0 Å². The van der Waals surface area contributed by atoms with E-state index in [9.17, 15) is 39.0 Å². The molecule has 23 heteroatoms. The molecule has 0 aromatic carbocycles. The Morgan fingerprint density at radius 1 is 1.13 bits per heavy atom. The summed E-state index contributed by atoms with van der Waals surface area (Å²) in [4.78, 5) is 46.1. The zero-order valence-electron chi connectivity index (χ0n) is 23.9. The van der Waals surface area contributed by atoms with Crippen molar-refractivity contribution in [3.05, 3.63) is 42.7 Å². The summed E-state index contributed by atoms with van der Waals surface area (Å²) >= 11 is 0. The van der Waals surface area contributed by atoms with Crippen LogP contribution in [0.25, 0.3) is 11.2 Å². The molecule has 2 unspecified atom stereocenters. The molecule has 254 valence electrons. The van der Waals surface area contributed by atoms with Crippen molar-refractivity contribution < 1.29 is 71.2 Å². The molecule has 47 heavy (non-hydrogen) atoms. The van der Waals surface area contributed by atoms with E-state index in [-0.39, 0.29) is 29.2 Å². The Bertz CT molecular complexity index is 1760. The third-order valence-electron chi connectivity index (χ3n) is 7.07. The number of nitrogen functional groups attached to an aromatic ring is 1. The molecule has 2 fully saturated rings. The molecule has 5 rings (SSSR count). The van der Waals surface area contributed by atoms with E-state index < -0.39 is 83.8 Å². The third kappa shape index (κ3) is 7.66. The van der Waals surface area contributed by atoms with E-state index in [4.69, 9.17) is 41.1 Å². The number of carbonyl (C=O) groups is 1. The highest BCUT2D eigenvalue weighted by atomic mass is 31.3. The topological polar surface area (TPSA) is 310 Å². The van der Waals surface area contributed by atoms with Gasteiger partial charge in [-0.05, 0) is 6.07 Å². The van der Waals surface area contributed by atoms with Crippen LogP contribution in [-0.2, 0) is 36.7 Å². The van der Waals surface area contributed by atoms with Crippen LogP contribution in [0, 0.1) is 12.3 Å². The average Bonchev–Trinajstić information content (AvgIpc) is 3.67. The Labute approximate surface area is 264 Å². The fraction of sp³-hybridized carbons (Fsp3) is 0.458. The summed E-state index contributed by atoms with van der Waals surface area (Å²) in [5.41, 5.74) is 11.5. The van der Waals surface area contributed by atoms with Gasteiger partial charge >= 0.3 is 7.82 Å². The monoisotopic (exact) mass is 701 g/mol. The van der Waals surface area contributed by atoms with Crippen molar-refractivity contribution in [2.45, 2.75) is 49.1 Å². The minimum atomic E-state index is -5.63. The van der Waals surface area contributed by atoms with Gasteiger partial charge < -0.3 is 55.3 Å². The summed E-state index contributed by atoms with van der Waals surface area (Å²) in [7, 11) is -11.1. The maximum atomic E-state index is 12.5. The lowest BCUT2D eigenvalue weighted by molar-refractivity contribution is -0.765. The van der Waals surface area contributed by atoms with Crippen molar-refractivity contribution >= 4 is 38.5 Å². The van der Waals surface area contributed by atoms with E-state index in [1.807, 2.05) is 0 Å². The molecule has 1 amide bonds. The first-order valence-corrected chi connectivity index (χ1v) is 16.4. The van der Waals surface area contributed by atoms with Crippen LogP contribution in [0.15, 0.2) is 37.2 Å². The number of aromatic nitrogens is 5. The largest absolute Gasteiger partial charge is 0.756 e. The Morgan fingerprint density at radius 2 is 1.87 bits per heavy atom. The number of primary amides is 1. The minimum Gasteiger partial charge on any atom is -0.756 e. The van der Waals surface area contributed by atoms with Gasteiger partial charge in [-0.25, -0.2) is 23.8 Å². The van der Waals surface area contributed by atoms with Crippen LogP contribution in [0.2, 0.25) is 0 Å². The van der Waals surface area contributed by atoms with Crippen LogP contribution in [0.1, 0.15) is 22.8 Å². The lowest BCUT2D eigenvalue weighted by atomic mass is 10.1. The molecule has 0 saturated carbocycles. The van der Waals surface area contributed by atoms with Gasteiger partial charge in [0.15, 0.2) is 36.2 Å². The first-order valence-electron chi connectivity index (χ1n) is 13.5. The Balaban J connectivity index is 1.19. The zero-order valence-corrected chi connectivity index (χ0v) is 25.7. The quantitative estimate of drug-likeness (QED) is 0.0588. The number of phosphoric ester groups is 2. The molecule has 2 aliphatic rings. The molecule has 3 aromatic rings. The number of phosphoric acid groups is 2. The molecule has 2 saturated heterocycles. The number of imidazole rings is 1. The van der Waals surface area contributed by atoms with Gasteiger partial charge in [-0.2, -0.15) is 4.57 Å². The van der Waals surface area contributed by atoms with Gasteiger partial charge in [-0.15, -0.1) is 6.42 Å². The molecule has 8 N–H and O–H groups in total. The average molecular weight is 701 g/mol. The number of amides is 1. The van der Waals surface area contributed by atoms with Crippen molar-refractivity contribution in [1.82, 2.24) is 19.5 Å². The Kier molecular flexibility index (Phi) is 10.4. The van der Waals surface area contributed by atoms with Crippen LogP contribution in [0.5, 0.6) is 0 Å². The maximum Gasteiger partial charge on any atom is 0.478 e. The van der Waals surface area contributed by atoms with Crippen LogP contribution in [0.4, 0.5) is 5.82 Å². The number of terminal acetylenes is 1. The predicted octanol–water partition coefficient (Wildman–Crippen LogP) is -2.99. The fourth-order valence-electron chi connectivity index (χ4n) is 4.91. The number of hydrogen-bond acceptors (Lipinski definition) is 17. The van der Waals surface area contributed by atoms with Gasteiger partial charge in [-0.3, -0.25) is 18.5 Å². The van der Waals surface area contributed by atoms with E-state index in [1.54, 1.807) is 0 Å². The standard InChI is InChI=1S/C24H29N7O14P2/c1-2-6-40-19-14(44-23(18(19)34)30-5-3-4-12(7-30)21(26)35)9-42-47(38,39)45-46(36,37)41-8-13-16(32)17(33)24(43-13)31-11-29-15-20(25)27-10-28-22(15)31/h1,3-5,7,10-11,13-14,16-19,23-24,32-34H,6,8-9H2,(H5-,25,26,27,28,35,36,37,38,39)/t13-,14-,16-,17-,18-,19-,23-,24-/m1/s1. The van der Waals surface area contributed by atoms with Gasteiger partial charge in [0.2, 0.25) is 0 Å². The number of carbonyl (C=O) groups excluding carboxylic acids is 1. The summed E-state index contributed by atoms with van der Waals surface area (Å²) in [6.07, 6.45) is -0.940. The molecule has 3 aromatic heterocycles. The van der Waals surface area contributed by atoms with Crippen LogP contribution < -0.4 is 20.9 Å². The first-order chi connectivity index (χ1) is 22.2. The summed E-state index contributed by atoms with van der Waals surface area (Å²) in [6, 6.07) is 2.87. The normalized spacial score (nSPS) is 30.1. The van der Waals surface area contributed by atoms with E-state index in [2.05, 4.69) is 25.2 Å². The van der Waals surface area contributed by atoms with E-state index in [0.717, 1.165) is 6.33 Å². The number of rotatable bonds is 13. The highest BCUT2D eigenvalue weighted by Crippen LogP contribution is 2.58. The summed E-state index contributed by atoms with van der Waals surface area (Å²) < 4.78 is 58.0. The van der Waals surface area contributed by atoms with Crippen molar-refractivity contribution in [2.24, 2.45) is 5.73 Å². The highest BCUT2D eigenvalue weighted by Gasteiger charge is 2.51. The van der Waals surface area contributed by atoms with Gasteiger partial charge in [0.1, 0.15) is 54.5 Å². The molecule has 0 bridgehead atoms. The molecule has 10 atom stereocenters. The number of aliphatic hydroxyl groups excluding tert-OH is 3. The Hall–Kier alpha value is -3.45. The Morgan fingerprint density at radius 3 is 2.60 bits per heavy atom. The van der Waals surface area contributed by atoms with Crippen molar-refractivity contribution in [3.8, 4) is 12.3 Å². The second-order valence-electron chi connectivity index (χ2n) is 10.2. The van der Waals surface area contributed by atoms with Crippen LogP contribution in [-0.4, -0.2) is 102 Å². The van der Waals surface area contributed by atoms with Crippen LogP contribution >= 0.6 is 15.6 Å². The minimum absolute atomic E-state index is 0.0456. The lowest BCUT2D eigenvalue weighted by Gasteiger charge is -2.27. The summed E-state index contributed by atoms with van der Waals surface area (Å²) in [6.45, 7) is -2.12. The second-order valence-corrected chi connectivity index (χ2v) is 13.2. The number of hydrogen-bond donors (Lipinski definition) is 6. The predicted molar refractivity (Wildman–Crippen MR) is 150 cm³/mol. The first kappa shape index (κ1) is 34.9. The summed E-state index contributed by atoms with van der Waals surface area (Å²) in [5.74, 6) is 1.48. The number of anilines is 1. The molecular formula is C24H29N7O14P2. The molecule has 21 nitrogen and oxygen atoms in total. The van der Waals surface area contributed by atoms with E-state index >= 15 is 0 Å². The molecule has 0 radical (unpaired) electrons. The van der Waals surface area contributed by atoms with Crippen molar-refractivity contribution in [2.75, 3.05) is 25.6 Å². The van der Waals surface area contributed by atoms with Gasteiger partial charge in [-0.1, -0.05) is 5.92 Å². The van der Waals surface area contributed by atoms with Gasteiger partial charge in [0, 0.05) is 6.07 Å². The molecular weight excluding hydrogens is 672 g/mol. The molecule has 5 heterocycles. The maximum absolute atomic E-state index is 12.5. The number of pyridine rings is 1. The number of ether oxygens (including phenoxy) is 3. The summed E-state index contributed by atoms with van der Waals surface area (Å²) in [5, 5.41) is 31.8. The van der Waals surface area contributed by atoms with Crippen molar-refractivity contribution in [3.63, 3.8) is 0 Å². The molecule has 0 spiro atoms. The highest BCUT2D eigenvalue weighted by molar-refractivity contribution is 7.60. The number of aliphatic hydroxyl groups is 3. The smallest absolute Gasteiger partial charge is 0.478 e. The molecule has 2 aliphatic heterocycles. The zero-order chi connectivity index (χ0) is 34.1. The van der Waals surface area contributed by atoms with Crippen molar-refractivity contribution in [1.29, 1.82) is 0 Å². The number of fused-ring (bicyclic) bond motifs is 1. The number of nitrogens with two attached hydrogens (primary N) is 2. The van der Waals surface area contributed by atoms with E-state index in [0.29, 0.717) is 0 Å². The lowest BCUT2D eigenvalue weighted by Crippen LogP contribution is -2.46. The second kappa shape index (κ2) is 14.0. The molecule has 0 aliphatic carbocycles.